The van der Waals surface area contributed by atoms with Crippen molar-refractivity contribution in [3.63, 3.8) is 0 Å². The number of ether oxygens (including phenoxy) is 1. The third kappa shape index (κ3) is 4.14. The van der Waals surface area contributed by atoms with Crippen LogP contribution in [0.4, 0.5) is 4.39 Å². The fourth-order valence-corrected chi connectivity index (χ4v) is 3.78. The third-order valence-electron chi connectivity index (χ3n) is 3.61. The fourth-order valence-electron chi connectivity index (χ4n) is 2.23. The van der Waals surface area contributed by atoms with E-state index in [-0.39, 0.29) is 24.5 Å². The van der Waals surface area contributed by atoms with Gasteiger partial charge in [0.2, 0.25) is 10.0 Å². The molecule has 0 aliphatic carbocycles. The summed E-state index contributed by atoms with van der Waals surface area (Å²) in [6.45, 7) is 3.18. The molecule has 2 aromatic rings. The van der Waals surface area contributed by atoms with E-state index in [0.29, 0.717) is 4.73 Å². The first-order valence-corrected chi connectivity index (χ1v) is 9.25. The van der Waals surface area contributed by atoms with Crippen molar-refractivity contribution in [2.45, 2.75) is 25.3 Å². The summed E-state index contributed by atoms with van der Waals surface area (Å²) in [6, 6.07) is 4.35. The molecule has 140 valence electrons. The maximum absolute atomic E-state index is 14.1. The molecule has 0 bridgehead atoms. The van der Waals surface area contributed by atoms with Crippen LogP contribution in [0.5, 0.6) is 0 Å². The minimum atomic E-state index is -4.08. The SMILES string of the molecule is CCN(CC)S(=O)(=O)c1cc(C(=O)OCc2nccc[n+]2[O-])ccc1F. The van der Waals surface area contributed by atoms with Crippen molar-refractivity contribution in [3.05, 3.63) is 59.1 Å². The molecular weight excluding hydrogens is 365 g/mol. The second-order valence-electron chi connectivity index (χ2n) is 5.17. The van der Waals surface area contributed by atoms with Gasteiger partial charge in [-0.1, -0.05) is 13.8 Å². The molecule has 10 heteroatoms. The molecule has 1 aromatic carbocycles. The van der Waals surface area contributed by atoms with Crippen LogP contribution < -0.4 is 4.73 Å². The van der Waals surface area contributed by atoms with Gasteiger partial charge in [-0.05, 0) is 23.2 Å². The van der Waals surface area contributed by atoms with Crippen molar-refractivity contribution in [1.29, 1.82) is 0 Å². The quantitative estimate of drug-likeness (QED) is 0.405. The molecule has 0 saturated heterocycles. The van der Waals surface area contributed by atoms with Crippen LogP contribution in [0, 0.1) is 11.0 Å². The number of carbonyl (C=O) groups excluding carboxylic acids is 1. The Kier molecular flexibility index (Phi) is 6.22. The molecule has 0 spiro atoms. The lowest BCUT2D eigenvalue weighted by Gasteiger charge is -2.19. The van der Waals surface area contributed by atoms with E-state index >= 15 is 0 Å². The molecule has 8 nitrogen and oxygen atoms in total. The van der Waals surface area contributed by atoms with Crippen molar-refractivity contribution in [2.75, 3.05) is 13.1 Å². The van der Waals surface area contributed by atoms with E-state index < -0.39 is 33.3 Å². The molecule has 26 heavy (non-hydrogen) atoms. The van der Waals surface area contributed by atoms with Crippen molar-refractivity contribution in [1.82, 2.24) is 9.29 Å². The Morgan fingerprint density at radius 3 is 2.65 bits per heavy atom. The molecule has 0 radical (unpaired) electrons. The highest BCUT2D eigenvalue weighted by atomic mass is 32.2. The minimum Gasteiger partial charge on any atom is -0.711 e. The number of sulfonamides is 1. The lowest BCUT2D eigenvalue weighted by molar-refractivity contribution is -0.620. The standard InChI is InChI=1S/C16H18FN3O5S/c1-3-19(4-2)26(23,24)14-10-12(6-7-13(14)17)16(21)25-11-15-18-8-5-9-20(15)22/h5-10H,3-4,11H2,1-2H3. The molecule has 0 atom stereocenters. The van der Waals surface area contributed by atoms with Gasteiger partial charge in [-0.3, -0.25) is 0 Å². The maximum atomic E-state index is 14.1. The van der Waals surface area contributed by atoms with Gasteiger partial charge in [0, 0.05) is 19.2 Å². The molecule has 0 aliphatic heterocycles. The molecular formula is C16H18FN3O5S. The van der Waals surface area contributed by atoms with Gasteiger partial charge in [0.1, 0.15) is 16.9 Å². The summed E-state index contributed by atoms with van der Waals surface area (Å²) in [5, 5.41) is 11.5. The van der Waals surface area contributed by atoms with Crippen molar-refractivity contribution in [2.24, 2.45) is 0 Å². The Morgan fingerprint density at radius 2 is 2.04 bits per heavy atom. The monoisotopic (exact) mass is 383 g/mol. The summed E-state index contributed by atoms with van der Waals surface area (Å²) < 4.78 is 45.5. The summed E-state index contributed by atoms with van der Waals surface area (Å²) >= 11 is 0. The highest BCUT2D eigenvalue weighted by Gasteiger charge is 2.27. The number of hydrogen-bond donors (Lipinski definition) is 0. The predicted octanol–water partition coefficient (Wildman–Crippen LogP) is 1.24. The highest BCUT2D eigenvalue weighted by molar-refractivity contribution is 7.89. The van der Waals surface area contributed by atoms with E-state index in [2.05, 4.69) is 4.98 Å². The van der Waals surface area contributed by atoms with Gasteiger partial charge in [0.15, 0.2) is 6.61 Å². The average Bonchev–Trinajstić information content (AvgIpc) is 2.61. The topological polar surface area (TPSA) is 104 Å². The second kappa shape index (κ2) is 8.19. The minimum absolute atomic E-state index is 0.0426. The van der Waals surface area contributed by atoms with Crippen molar-refractivity contribution in [3.8, 4) is 0 Å². The molecule has 0 unspecified atom stereocenters. The van der Waals surface area contributed by atoms with E-state index in [4.69, 9.17) is 4.74 Å². The zero-order chi connectivity index (χ0) is 19.3. The Bertz CT molecular complexity index is 901. The number of halogens is 1. The molecule has 2 rings (SSSR count). The molecule has 1 aromatic heterocycles. The van der Waals surface area contributed by atoms with Gasteiger partial charge in [-0.2, -0.15) is 4.31 Å². The lowest BCUT2D eigenvalue weighted by Crippen LogP contribution is -2.33. The largest absolute Gasteiger partial charge is 0.711 e. The first kappa shape index (κ1) is 19.7. The average molecular weight is 383 g/mol. The third-order valence-corrected chi connectivity index (χ3v) is 5.67. The summed E-state index contributed by atoms with van der Waals surface area (Å²) in [5.41, 5.74) is -0.148. The van der Waals surface area contributed by atoms with Crippen LogP contribution in [0.2, 0.25) is 0 Å². The Hall–Kier alpha value is -2.59. The van der Waals surface area contributed by atoms with Gasteiger partial charge < -0.3 is 9.94 Å². The molecule has 0 amide bonds. The molecule has 0 fully saturated rings. The predicted molar refractivity (Wildman–Crippen MR) is 88.8 cm³/mol. The number of esters is 1. The number of benzene rings is 1. The number of carbonyl (C=O) groups is 1. The van der Waals surface area contributed by atoms with E-state index in [1.807, 2.05) is 0 Å². The number of nitrogens with zero attached hydrogens (tertiary/aromatic N) is 3. The Morgan fingerprint density at radius 1 is 1.35 bits per heavy atom. The van der Waals surface area contributed by atoms with E-state index in [0.717, 1.165) is 22.5 Å². The van der Waals surface area contributed by atoms with E-state index in [1.54, 1.807) is 13.8 Å². The van der Waals surface area contributed by atoms with E-state index in [1.165, 1.54) is 18.5 Å². The number of aromatic nitrogens is 2. The van der Waals surface area contributed by atoms with Crippen LogP contribution in [0.3, 0.4) is 0 Å². The molecule has 1 heterocycles. The summed E-state index contributed by atoms with van der Waals surface area (Å²) in [7, 11) is -4.08. The van der Waals surface area contributed by atoms with Crippen LogP contribution in [0.1, 0.15) is 30.0 Å². The lowest BCUT2D eigenvalue weighted by atomic mass is 10.2. The van der Waals surface area contributed by atoms with Crippen LogP contribution in [-0.2, 0) is 21.4 Å². The van der Waals surface area contributed by atoms with Gasteiger partial charge in [0.05, 0.1) is 11.8 Å². The first-order valence-electron chi connectivity index (χ1n) is 7.81. The van der Waals surface area contributed by atoms with Gasteiger partial charge in [-0.25, -0.2) is 22.3 Å². The molecule has 0 saturated carbocycles. The van der Waals surface area contributed by atoms with Gasteiger partial charge in [-0.15, -0.1) is 0 Å². The van der Waals surface area contributed by atoms with Crippen LogP contribution in [0.25, 0.3) is 0 Å². The summed E-state index contributed by atoms with van der Waals surface area (Å²) in [4.78, 5) is 15.3. The zero-order valence-corrected chi connectivity index (χ0v) is 15.1. The summed E-state index contributed by atoms with van der Waals surface area (Å²) in [5.74, 6) is -1.90. The smallest absolute Gasteiger partial charge is 0.339 e. The Balaban J connectivity index is 2.26. The number of rotatable bonds is 7. The molecule has 0 N–H and O–H groups in total. The van der Waals surface area contributed by atoms with Crippen LogP contribution >= 0.6 is 0 Å². The Labute approximate surface area is 150 Å². The summed E-state index contributed by atoms with van der Waals surface area (Å²) in [6.07, 6.45) is 2.56. The van der Waals surface area contributed by atoms with Crippen LogP contribution in [-0.4, -0.2) is 36.8 Å². The fraction of sp³-hybridized carbons (Fsp3) is 0.312. The zero-order valence-electron chi connectivity index (χ0n) is 14.3. The van der Waals surface area contributed by atoms with Crippen molar-refractivity contribution < 1.29 is 27.1 Å². The van der Waals surface area contributed by atoms with Crippen LogP contribution in [0.15, 0.2) is 41.6 Å². The second-order valence-corrected chi connectivity index (χ2v) is 7.08. The normalized spacial score (nSPS) is 11.5. The highest BCUT2D eigenvalue weighted by Crippen LogP contribution is 2.21. The number of hydrogen-bond acceptors (Lipinski definition) is 6. The first-order chi connectivity index (χ1) is 12.3. The maximum Gasteiger partial charge on any atom is 0.339 e. The van der Waals surface area contributed by atoms with Crippen molar-refractivity contribution >= 4 is 16.0 Å². The van der Waals surface area contributed by atoms with E-state index in [9.17, 15) is 22.8 Å². The van der Waals surface area contributed by atoms with Gasteiger partial charge >= 0.3 is 11.8 Å². The molecule has 0 aliphatic rings. The van der Waals surface area contributed by atoms with Gasteiger partial charge in [0.25, 0.3) is 0 Å².